The van der Waals surface area contributed by atoms with Crippen LogP contribution in [-0.2, 0) is 6.42 Å². The molecule has 90 valence electrons. The van der Waals surface area contributed by atoms with E-state index in [9.17, 15) is 0 Å². The maximum Gasteiger partial charge on any atom is 0.119 e. The molecule has 3 rings (SSSR count). The lowest BCUT2D eigenvalue weighted by molar-refractivity contribution is 0.414. The first-order chi connectivity index (χ1) is 8.88. The van der Waals surface area contributed by atoms with Gasteiger partial charge < -0.3 is 4.74 Å². The van der Waals surface area contributed by atoms with E-state index in [1.165, 1.54) is 22.3 Å². The molecule has 0 aliphatic heterocycles. The van der Waals surface area contributed by atoms with Gasteiger partial charge >= 0.3 is 0 Å². The summed E-state index contributed by atoms with van der Waals surface area (Å²) in [5.74, 6) is 0.947. The number of rotatable bonds is 2. The highest BCUT2D eigenvalue weighted by atomic mass is 16.5. The van der Waals surface area contributed by atoms with Crippen LogP contribution in [-0.4, -0.2) is 7.11 Å². The van der Waals surface area contributed by atoms with Crippen LogP contribution >= 0.6 is 0 Å². The van der Waals surface area contributed by atoms with Crippen molar-refractivity contribution >= 4 is 5.57 Å². The standard InChI is InChI=1S/C17H16O/c1-18-15-10-11-17-14(12-15)8-5-9-16(17)13-6-3-2-4-7-13/h2-4,6-7,9-12H,5,8H2,1H3. The van der Waals surface area contributed by atoms with Gasteiger partial charge in [-0.2, -0.15) is 0 Å². The van der Waals surface area contributed by atoms with E-state index in [-0.39, 0.29) is 0 Å². The maximum atomic E-state index is 5.30. The van der Waals surface area contributed by atoms with Crippen LogP contribution < -0.4 is 4.74 Å². The number of aryl methyl sites for hydroxylation is 1. The first-order valence-electron chi connectivity index (χ1n) is 6.31. The molecular weight excluding hydrogens is 220 g/mol. The van der Waals surface area contributed by atoms with Crippen LogP contribution in [0, 0.1) is 0 Å². The monoisotopic (exact) mass is 236 g/mol. The molecule has 1 aliphatic carbocycles. The Balaban J connectivity index is 2.08. The number of hydrogen-bond acceptors (Lipinski definition) is 1. The van der Waals surface area contributed by atoms with Gasteiger partial charge in [-0.1, -0.05) is 42.5 Å². The Morgan fingerprint density at radius 1 is 1.00 bits per heavy atom. The first kappa shape index (κ1) is 11.1. The average Bonchev–Trinajstić information content (AvgIpc) is 2.47. The topological polar surface area (TPSA) is 9.23 Å². The molecule has 0 atom stereocenters. The van der Waals surface area contributed by atoms with Gasteiger partial charge in [0.1, 0.15) is 5.75 Å². The molecule has 1 aliphatic rings. The van der Waals surface area contributed by atoms with E-state index in [0.29, 0.717) is 0 Å². The normalized spacial score (nSPS) is 13.7. The average molecular weight is 236 g/mol. The Morgan fingerprint density at radius 2 is 1.83 bits per heavy atom. The Labute approximate surface area is 108 Å². The Kier molecular flexibility index (Phi) is 2.89. The summed E-state index contributed by atoms with van der Waals surface area (Å²) in [7, 11) is 1.72. The molecule has 1 heteroatoms. The Hall–Kier alpha value is -2.02. The van der Waals surface area contributed by atoms with Crippen molar-refractivity contribution in [1.82, 2.24) is 0 Å². The predicted molar refractivity (Wildman–Crippen MR) is 74.8 cm³/mol. The summed E-state index contributed by atoms with van der Waals surface area (Å²) < 4.78 is 5.30. The highest BCUT2D eigenvalue weighted by Crippen LogP contribution is 2.33. The molecule has 0 saturated heterocycles. The first-order valence-corrected chi connectivity index (χ1v) is 6.31. The van der Waals surface area contributed by atoms with Crippen molar-refractivity contribution < 1.29 is 4.74 Å². The van der Waals surface area contributed by atoms with Crippen molar-refractivity contribution in [2.45, 2.75) is 12.8 Å². The molecule has 0 radical (unpaired) electrons. The number of ether oxygens (including phenoxy) is 1. The molecule has 1 nitrogen and oxygen atoms in total. The zero-order valence-electron chi connectivity index (χ0n) is 10.5. The molecule has 0 bridgehead atoms. The zero-order valence-corrected chi connectivity index (χ0v) is 10.5. The molecule has 0 heterocycles. The van der Waals surface area contributed by atoms with Crippen molar-refractivity contribution in [3.63, 3.8) is 0 Å². The van der Waals surface area contributed by atoms with E-state index < -0.39 is 0 Å². The number of benzene rings is 2. The lowest BCUT2D eigenvalue weighted by atomic mass is 9.87. The predicted octanol–water partition coefficient (Wildman–Crippen LogP) is 4.07. The van der Waals surface area contributed by atoms with E-state index in [0.717, 1.165) is 18.6 Å². The number of hydrogen-bond donors (Lipinski definition) is 0. The van der Waals surface area contributed by atoms with Gasteiger partial charge in [-0.25, -0.2) is 0 Å². The third kappa shape index (κ3) is 1.92. The van der Waals surface area contributed by atoms with Crippen LogP contribution in [0.2, 0.25) is 0 Å². The quantitative estimate of drug-likeness (QED) is 0.763. The van der Waals surface area contributed by atoms with Gasteiger partial charge in [0.05, 0.1) is 7.11 Å². The maximum absolute atomic E-state index is 5.30. The van der Waals surface area contributed by atoms with E-state index >= 15 is 0 Å². The molecule has 0 aromatic heterocycles. The Bertz CT molecular complexity index is 582. The van der Waals surface area contributed by atoms with Crippen molar-refractivity contribution in [3.8, 4) is 5.75 Å². The minimum Gasteiger partial charge on any atom is -0.497 e. The van der Waals surface area contributed by atoms with Crippen LogP contribution in [0.4, 0.5) is 0 Å². The molecule has 0 unspecified atom stereocenters. The second kappa shape index (κ2) is 4.69. The molecular formula is C17H16O. The summed E-state index contributed by atoms with van der Waals surface area (Å²) >= 11 is 0. The summed E-state index contributed by atoms with van der Waals surface area (Å²) in [5, 5.41) is 0. The lowest BCUT2D eigenvalue weighted by Crippen LogP contribution is -2.01. The molecule has 2 aromatic carbocycles. The van der Waals surface area contributed by atoms with Crippen LogP contribution in [0.25, 0.3) is 5.57 Å². The largest absolute Gasteiger partial charge is 0.497 e. The number of fused-ring (bicyclic) bond motifs is 1. The van der Waals surface area contributed by atoms with Crippen molar-refractivity contribution in [2.24, 2.45) is 0 Å². The minimum atomic E-state index is 0.947. The SMILES string of the molecule is COc1ccc2c(c1)CCC=C2c1ccccc1. The van der Waals surface area contributed by atoms with Crippen molar-refractivity contribution in [3.05, 3.63) is 71.3 Å². The summed E-state index contributed by atoms with van der Waals surface area (Å²) in [6.07, 6.45) is 4.54. The van der Waals surface area contributed by atoms with Crippen LogP contribution in [0.3, 0.4) is 0 Å². The van der Waals surface area contributed by atoms with E-state index in [1.807, 2.05) is 6.07 Å². The van der Waals surface area contributed by atoms with Crippen LogP contribution in [0.15, 0.2) is 54.6 Å². The van der Waals surface area contributed by atoms with Gasteiger partial charge in [-0.05, 0) is 47.2 Å². The van der Waals surface area contributed by atoms with Crippen LogP contribution in [0.5, 0.6) is 5.75 Å². The number of allylic oxidation sites excluding steroid dienone is 1. The number of methoxy groups -OCH3 is 1. The molecule has 18 heavy (non-hydrogen) atoms. The summed E-state index contributed by atoms with van der Waals surface area (Å²) in [4.78, 5) is 0. The van der Waals surface area contributed by atoms with Gasteiger partial charge in [0.25, 0.3) is 0 Å². The van der Waals surface area contributed by atoms with Gasteiger partial charge in [-0.15, -0.1) is 0 Å². The molecule has 0 N–H and O–H groups in total. The third-order valence-corrected chi connectivity index (χ3v) is 3.45. The molecule has 2 aromatic rings. The van der Waals surface area contributed by atoms with Crippen molar-refractivity contribution in [2.75, 3.05) is 7.11 Å². The fourth-order valence-electron chi connectivity index (χ4n) is 2.54. The minimum absolute atomic E-state index is 0.947. The highest BCUT2D eigenvalue weighted by Gasteiger charge is 2.14. The molecule has 0 fully saturated rings. The van der Waals surface area contributed by atoms with Gasteiger partial charge in [-0.3, -0.25) is 0 Å². The fraction of sp³-hybridized carbons (Fsp3) is 0.176. The van der Waals surface area contributed by atoms with Crippen molar-refractivity contribution in [1.29, 1.82) is 0 Å². The van der Waals surface area contributed by atoms with E-state index in [1.54, 1.807) is 7.11 Å². The summed E-state index contributed by atoms with van der Waals surface area (Å²) in [6, 6.07) is 17.0. The zero-order chi connectivity index (χ0) is 12.4. The van der Waals surface area contributed by atoms with Crippen LogP contribution in [0.1, 0.15) is 23.1 Å². The van der Waals surface area contributed by atoms with E-state index in [2.05, 4.69) is 48.5 Å². The van der Waals surface area contributed by atoms with Gasteiger partial charge in [0.15, 0.2) is 0 Å². The second-order valence-corrected chi connectivity index (χ2v) is 4.55. The smallest absolute Gasteiger partial charge is 0.119 e. The molecule has 0 spiro atoms. The third-order valence-electron chi connectivity index (χ3n) is 3.45. The van der Waals surface area contributed by atoms with Gasteiger partial charge in [0, 0.05) is 0 Å². The van der Waals surface area contributed by atoms with Gasteiger partial charge in [0.2, 0.25) is 0 Å². The van der Waals surface area contributed by atoms with E-state index in [4.69, 9.17) is 4.74 Å². The fourth-order valence-corrected chi connectivity index (χ4v) is 2.54. The Morgan fingerprint density at radius 3 is 2.61 bits per heavy atom. The second-order valence-electron chi connectivity index (χ2n) is 4.55. The highest BCUT2D eigenvalue weighted by molar-refractivity contribution is 5.82. The molecule has 0 saturated carbocycles. The summed E-state index contributed by atoms with van der Waals surface area (Å²) in [5.41, 5.74) is 5.37. The molecule has 0 amide bonds. The lowest BCUT2D eigenvalue weighted by Gasteiger charge is -2.19. The summed E-state index contributed by atoms with van der Waals surface area (Å²) in [6.45, 7) is 0.